The van der Waals surface area contributed by atoms with Crippen molar-refractivity contribution in [2.75, 3.05) is 6.54 Å². The molecule has 0 unspecified atom stereocenters. The minimum atomic E-state index is -0.277. The van der Waals surface area contributed by atoms with E-state index >= 15 is 0 Å². The molecule has 0 aromatic heterocycles. The molecule has 0 aliphatic rings. The molecule has 4 heteroatoms. The average molecular weight is 268 g/mol. The molecule has 0 atom stereocenters. The number of halogens is 1. The standard InChI is InChI=1S/C16H13FN2O/c17-15-3-1-2-12(10-15)8-9-19-16(20)14-6-4-13(11-18)5-7-14/h1-7,10H,8-9H2,(H,19,20). The van der Waals surface area contributed by atoms with Crippen molar-refractivity contribution >= 4 is 5.91 Å². The maximum absolute atomic E-state index is 13.0. The first-order valence-electron chi connectivity index (χ1n) is 6.22. The fourth-order valence-corrected chi connectivity index (χ4v) is 1.81. The Bertz CT molecular complexity index is 644. The van der Waals surface area contributed by atoms with E-state index in [9.17, 15) is 9.18 Å². The fraction of sp³-hybridized carbons (Fsp3) is 0.125. The predicted octanol–water partition coefficient (Wildman–Crippen LogP) is 2.67. The fourth-order valence-electron chi connectivity index (χ4n) is 1.81. The van der Waals surface area contributed by atoms with Crippen molar-refractivity contribution < 1.29 is 9.18 Å². The smallest absolute Gasteiger partial charge is 0.251 e. The highest BCUT2D eigenvalue weighted by atomic mass is 19.1. The lowest BCUT2D eigenvalue weighted by Crippen LogP contribution is -2.25. The van der Waals surface area contributed by atoms with Crippen LogP contribution in [0.4, 0.5) is 4.39 Å². The van der Waals surface area contributed by atoms with Crippen LogP contribution in [0.1, 0.15) is 21.5 Å². The summed E-state index contributed by atoms with van der Waals surface area (Å²) in [7, 11) is 0. The van der Waals surface area contributed by atoms with Crippen LogP contribution in [-0.2, 0) is 6.42 Å². The predicted molar refractivity (Wildman–Crippen MR) is 73.6 cm³/mol. The van der Waals surface area contributed by atoms with E-state index in [0.29, 0.717) is 24.1 Å². The zero-order valence-corrected chi connectivity index (χ0v) is 10.8. The minimum Gasteiger partial charge on any atom is -0.352 e. The molecular formula is C16H13FN2O. The van der Waals surface area contributed by atoms with Crippen LogP contribution in [0.25, 0.3) is 0 Å². The number of amides is 1. The Hall–Kier alpha value is -2.67. The third-order valence-corrected chi connectivity index (χ3v) is 2.86. The van der Waals surface area contributed by atoms with E-state index in [-0.39, 0.29) is 11.7 Å². The van der Waals surface area contributed by atoms with Gasteiger partial charge in [0.1, 0.15) is 5.82 Å². The summed E-state index contributed by atoms with van der Waals surface area (Å²) in [5.41, 5.74) is 1.86. The topological polar surface area (TPSA) is 52.9 Å². The van der Waals surface area contributed by atoms with E-state index in [0.717, 1.165) is 5.56 Å². The highest BCUT2D eigenvalue weighted by Gasteiger charge is 2.04. The first-order valence-corrected chi connectivity index (χ1v) is 6.22. The normalized spacial score (nSPS) is 9.80. The molecule has 0 bridgehead atoms. The summed E-state index contributed by atoms with van der Waals surface area (Å²) < 4.78 is 13.0. The van der Waals surface area contributed by atoms with Gasteiger partial charge in [-0.25, -0.2) is 4.39 Å². The van der Waals surface area contributed by atoms with E-state index in [1.54, 1.807) is 30.3 Å². The van der Waals surface area contributed by atoms with Gasteiger partial charge in [-0.3, -0.25) is 4.79 Å². The molecule has 0 aliphatic heterocycles. The molecule has 0 saturated heterocycles. The maximum atomic E-state index is 13.0. The van der Waals surface area contributed by atoms with Crippen LogP contribution in [0.5, 0.6) is 0 Å². The minimum absolute atomic E-state index is 0.203. The molecule has 3 nitrogen and oxygen atoms in total. The molecule has 0 fully saturated rings. The van der Waals surface area contributed by atoms with Gasteiger partial charge in [0.25, 0.3) is 5.91 Å². The maximum Gasteiger partial charge on any atom is 0.251 e. The van der Waals surface area contributed by atoms with E-state index in [2.05, 4.69) is 5.32 Å². The molecule has 20 heavy (non-hydrogen) atoms. The van der Waals surface area contributed by atoms with Crippen LogP contribution in [0.3, 0.4) is 0 Å². The quantitative estimate of drug-likeness (QED) is 0.926. The zero-order valence-electron chi connectivity index (χ0n) is 10.8. The number of hydrogen-bond acceptors (Lipinski definition) is 2. The molecule has 1 amide bonds. The summed E-state index contributed by atoms with van der Waals surface area (Å²) >= 11 is 0. The second kappa shape index (κ2) is 6.48. The summed E-state index contributed by atoms with van der Waals surface area (Å²) in [6.07, 6.45) is 0.569. The first kappa shape index (κ1) is 13.8. The highest BCUT2D eigenvalue weighted by molar-refractivity contribution is 5.94. The van der Waals surface area contributed by atoms with E-state index in [1.807, 2.05) is 12.1 Å². The largest absolute Gasteiger partial charge is 0.352 e. The molecule has 0 heterocycles. The summed E-state index contributed by atoms with van der Waals surface area (Å²) in [6.45, 7) is 0.433. The molecule has 0 aliphatic carbocycles. The van der Waals surface area contributed by atoms with Crippen LogP contribution < -0.4 is 5.32 Å². The average Bonchev–Trinajstić information content (AvgIpc) is 2.47. The number of benzene rings is 2. The van der Waals surface area contributed by atoms with Crippen LogP contribution in [-0.4, -0.2) is 12.5 Å². The molecular weight excluding hydrogens is 255 g/mol. The lowest BCUT2D eigenvalue weighted by atomic mass is 10.1. The monoisotopic (exact) mass is 268 g/mol. The van der Waals surface area contributed by atoms with Crippen molar-refractivity contribution in [3.63, 3.8) is 0 Å². The van der Waals surface area contributed by atoms with Crippen molar-refractivity contribution in [1.29, 1.82) is 5.26 Å². The van der Waals surface area contributed by atoms with E-state index in [4.69, 9.17) is 5.26 Å². The number of nitriles is 1. The molecule has 0 spiro atoms. The highest BCUT2D eigenvalue weighted by Crippen LogP contribution is 2.05. The molecule has 2 aromatic carbocycles. The molecule has 100 valence electrons. The van der Waals surface area contributed by atoms with Gasteiger partial charge in [-0.2, -0.15) is 5.26 Å². The number of carbonyl (C=O) groups excluding carboxylic acids is 1. The Morgan fingerprint density at radius 1 is 1.20 bits per heavy atom. The van der Waals surface area contributed by atoms with Crippen molar-refractivity contribution in [1.82, 2.24) is 5.32 Å². The van der Waals surface area contributed by atoms with Crippen LogP contribution in [0.2, 0.25) is 0 Å². The van der Waals surface area contributed by atoms with Crippen molar-refractivity contribution in [3.05, 3.63) is 71.0 Å². The van der Waals surface area contributed by atoms with Gasteiger partial charge in [-0.1, -0.05) is 12.1 Å². The van der Waals surface area contributed by atoms with Gasteiger partial charge >= 0.3 is 0 Å². The lowest BCUT2D eigenvalue weighted by molar-refractivity contribution is 0.0954. The molecule has 1 N–H and O–H groups in total. The Labute approximate surface area is 116 Å². The summed E-state index contributed by atoms with van der Waals surface area (Å²) in [5, 5.41) is 11.4. The van der Waals surface area contributed by atoms with Crippen LogP contribution in [0.15, 0.2) is 48.5 Å². The van der Waals surface area contributed by atoms with Crippen molar-refractivity contribution in [2.45, 2.75) is 6.42 Å². The Morgan fingerprint density at radius 2 is 1.95 bits per heavy atom. The third-order valence-electron chi connectivity index (χ3n) is 2.86. The number of nitrogens with zero attached hydrogens (tertiary/aromatic N) is 1. The van der Waals surface area contributed by atoms with Gasteiger partial charge in [0.15, 0.2) is 0 Å². The number of nitrogens with one attached hydrogen (secondary N) is 1. The number of carbonyl (C=O) groups is 1. The van der Waals surface area contributed by atoms with Gasteiger partial charge in [-0.15, -0.1) is 0 Å². The molecule has 0 saturated carbocycles. The van der Waals surface area contributed by atoms with Gasteiger partial charge in [0.2, 0.25) is 0 Å². The second-order valence-corrected chi connectivity index (χ2v) is 4.32. The molecule has 2 aromatic rings. The third kappa shape index (κ3) is 3.66. The first-order chi connectivity index (χ1) is 9.69. The van der Waals surface area contributed by atoms with Crippen LogP contribution >= 0.6 is 0 Å². The zero-order chi connectivity index (χ0) is 14.4. The summed E-state index contributed by atoms with van der Waals surface area (Å²) in [6, 6.07) is 14.7. The van der Waals surface area contributed by atoms with Crippen molar-refractivity contribution in [3.8, 4) is 6.07 Å². The van der Waals surface area contributed by atoms with Crippen LogP contribution in [0, 0.1) is 17.1 Å². The number of rotatable bonds is 4. The summed E-state index contributed by atoms with van der Waals surface area (Å²) in [5.74, 6) is -0.480. The lowest BCUT2D eigenvalue weighted by Gasteiger charge is -2.05. The van der Waals surface area contributed by atoms with E-state index < -0.39 is 0 Å². The second-order valence-electron chi connectivity index (χ2n) is 4.32. The SMILES string of the molecule is N#Cc1ccc(C(=O)NCCc2cccc(F)c2)cc1. The van der Waals surface area contributed by atoms with E-state index in [1.165, 1.54) is 12.1 Å². The Kier molecular flexibility index (Phi) is 4.46. The van der Waals surface area contributed by atoms with Gasteiger partial charge in [-0.05, 0) is 48.4 Å². The number of hydrogen-bond donors (Lipinski definition) is 1. The van der Waals surface area contributed by atoms with Crippen molar-refractivity contribution in [2.24, 2.45) is 0 Å². The Morgan fingerprint density at radius 3 is 2.60 bits per heavy atom. The van der Waals surface area contributed by atoms with Gasteiger partial charge in [0.05, 0.1) is 11.6 Å². The Balaban J connectivity index is 1.87. The molecule has 2 rings (SSSR count). The molecule has 0 radical (unpaired) electrons. The van der Waals surface area contributed by atoms with Gasteiger partial charge in [0, 0.05) is 12.1 Å². The van der Waals surface area contributed by atoms with Gasteiger partial charge < -0.3 is 5.32 Å². The summed E-state index contributed by atoms with van der Waals surface area (Å²) in [4.78, 5) is 11.8.